The fourth-order valence-electron chi connectivity index (χ4n) is 1.14. The summed E-state index contributed by atoms with van der Waals surface area (Å²) in [6, 6.07) is 4.30. The van der Waals surface area contributed by atoms with E-state index in [4.69, 9.17) is 5.73 Å². The maximum atomic E-state index is 12.9. The minimum atomic E-state index is -0.294. The summed E-state index contributed by atoms with van der Waals surface area (Å²) in [5.41, 5.74) is 7.02. The summed E-state index contributed by atoms with van der Waals surface area (Å²) in [6.45, 7) is 0. The molecule has 3 nitrogen and oxygen atoms in total. The minimum absolute atomic E-state index is 0.236. The number of halogens is 1. The van der Waals surface area contributed by atoms with E-state index in [1.165, 1.54) is 31.0 Å². The number of carbonyl (C=O) groups is 1. The average molecular weight is 243 g/mol. The van der Waals surface area contributed by atoms with Gasteiger partial charge in [-0.2, -0.15) is 11.8 Å². The second kappa shape index (κ2) is 6.37. The van der Waals surface area contributed by atoms with Crippen molar-refractivity contribution < 1.29 is 13.9 Å². The number of nitrogen functional groups attached to an aromatic ring is 1. The molecule has 1 aromatic carbocycles. The Morgan fingerprint density at radius 2 is 2.31 bits per heavy atom. The second-order valence-corrected chi connectivity index (χ2v) is 4.33. The molecule has 0 radical (unpaired) electrons. The van der Waals surface area contributed by atoms with Crippen molar-refractivity contribution in [3.63, 3.8) is 0 Å². The average Bonchev–Trinajstić information content (AvgIpc) is 2.28. The molecule has 0 unspecified atom stereocenters. The largest absolute Gasteiger partial charge is 0.469 e. The molecule has 0 aliphatic carbocycles. The van der Waals surface area contributed by atoms with Crippen LogP contribution in [0.3, 0.4) is 0 Å². The molecule has 1 aromatic rings. The Hall–Kier alpha value is -1.23. The Kier molecular flexibility index (Phi) is 5.11. The summed E-state index contributed by atoms with van der Waals surface area (Å²) < 4.78 is 17.4. The van der Waals surface area contributed by atoms with Gasteiger partial charge in [0.25, 0.3) is 0 Å². The van der Waals surface area contributed by atoms with Gasteiger partial charge in [0.2, 0.25) is 0 Å². The lowest BCUT2D eigenvalue weighted by atomic mass is 10.2. The third-order valence-electron chi connectivity index (χ3n) is 2.04. The second-order valence-electron chi connectivity index (χ2n) is 3.22. The standard InChI is InChI=1S/C11H14FNO2S/c1-15-11(14)4-5-16-7-8-6-9(12)2-3-10(8)13/h2-3,6H,4-5,7,13H2,1H3. The van der Waals surface area contributed by atoms with Crippen molar-refractivity contribution in [3.05, 3.63) is 29.6 Å². The number of nitrogens with two attached hydrogens (primary N) is 1. The number of esters is 1. The van der Waals surface area contributed by atoms with Gasteiger partial charge in [0.05, 0.1) is 13.5 Å². The molecule has 0 aliphatic rings. The highest BCUT2D eigenvalue weighted by atomic mass is 32.2. The molecule has 1 rings (SSSR count). The molecule has 0 saturated heterocycles. The van der Waals surface area contributed by atoms with Gasteiger partial charge in [-0.25, -0.2) is 4.39 Å². The number of carbonyl (C=O) groups excluding carboxylic acids is 1. The molecule has 0 saturated carbocycles. The van der Waals surface area contributed by atoms with E-state index >= 15 is 0 Å². The first-order valence-corrected chi connectivity index (χ1v) is 5.97. The third kappa shape index (κ3) is 4.10. The molecule has 88 valence electrons. The van der Waals surface area contributed by atoms with Gasteiger partial charge in [0.15, 0.2) is 0 Å². The van der Waals surface area contributed by atoms with Crippen molar-refractivity contribution in [3.8, 4) is 0 Å². The molecular weight excluding hydrogens is 229 g/mol. The normalized spacial score (nSPS) is 10.1. The van der Waals surface area contributed by atoms with Crippen LogP contribution in [0.15, 0.2) is 18.2 Å². The van der Waals surface area contributed by atoms with E-state index in [0.717, 1.165) is 5.56 Å². The van der Waals surface area contributed by atoms with Crippen LogP contribution in [0.4, 0.5) is 10.1 Å². The molecule has 0 bridgehead atoms. The summed E-state index contributed by atoms with van der Waals surface area (Å²) in [5.74, 6) is 0.709. The van der Waals surface area contributed by atoms with Crippen molar-refractivity contribution >= 4 is 23.4 Å². The van der Waals surface area contributed by atoms with Crippen LogP contribution in [0.2, 0.25) is 0 Å². The van der Waals surface area contributed by atoms with Crippen molar-refractivity contribution in [2.24, 2.45) is 0 Å². The Morgan fingerprint density at radius 3 is 3.00 bits per heavy atom. The van der Waals surface area contributed by atoms with Crippen LogP contribution < -0.4 is 5.73 Å². The number of rotatable bonds is 5. The lowest BCUT2D eigenvalue weighted by Crippen LogP contribution is -2.01. The monoisotopic (exact) mass is 243 g/mol. The molecule has 2 N–H and O–H groups in total. The molecule has 0 atom stereocenters. The van der Waals surface area contributed by atoms with E-state index in [2.05, 4.69) is 4.74 Å². The van der Waals surface area contributed by atoms with Crippen LogP contribution in [0, 0.1) is 5.82 Å². The molecule has 0 aliphatic heterocycles. The maximum Gasteiger partial charge on any atom is 0.306 e. The lowest BCUT2D eigenvalue weighted by Gasteiger charge is -2.05. The van der Waals surface area contributed by atoms with Crippen LogP contribution >= 0.6 is 11.8 Å². The molecule has 0 amide bonds. The van der Waals surface area contributed by atoms with Crippen molar-refractivity contribution in [2.75, 3.05) is 18.6 Å². The number of thioether (sulfide) groups is 1. The van der Waals surface area contributed by atoms with E-state index in [1.54, 1.807) is 6.07 Å². The highest BCUT2D eigenvalue weighted by Gasteiger charge is 2.03. The lowest BCUT2D eigenvalue weighted by molar-refractivity contribution is -0.140. The highest BCUT2D eigenvalue weighted by molar-refractivity contribution is 7.98. The first-order chi connectivity index (χ1) is 7.63. The van der Waals surface area contributed by atoms with Crippen molar-refractivity contribution in [1.82, 2.24) is 0 Å². The Balaban J connectivity index is 2.37. The van der Waals surface area contributed by atoms with E-state index < -0.39 is 0 Å². The molecule has 5 heteroatoms. The third-order valence-corrected chi connectivity index (χ3v) is 3.05. The van der Waals surface area contributed by atoms with Crippen molar-refractivity contribution in [2.45, 2.75) is 12.2 Å². The first-order valence-electron chi connectivity index (χ1n) is 4.82. The summed E-state index contributed by atoms with van der Waals surface area (Å²) in [4.78, 5) is 10.8. The van der Waals surface area contributed by atoms with Crippen LogP contribution in [-0.2, 0) is 15.3 Å². The molecule has 0 fully saturated rings. The fourth-order valence-corrected chi connectivity index (χ4v) is 2.06. The van der Waals surface area contributed by atoms with Gasteiger partial charge in [-0.05, 0) is 23.8 Å². The van der Waals surface area contributed by atoms with E-state index in [-0.39, 0.29) is 11.8 Å². The number of hydrogen-bond acceptors (Lipinski definition) is 4. The SMILES string of the molecule is COC(=O)CCSCc1cc(F)ccc1N. The zero-order valence-corrected chi connectivity index (χ0v) is 9.85. The summed E-state index contributed by atoms with van der Waals surface area (Å²) >= 11 is 1.53. The number of anilines is 1. The van der Waals surface area contributed by atoms with E-state index in [9.17, 15) is 9.18 Å². The van der Waals surface area contributed by atoms with Gasteiger partial charge in [-0.3, -0.25) is 4.79 Å². The topological polar surface area (TPSA) is 52.3 Å². The number of hydrogen-bond donors (Lipinski definition) is 1. The Morgan fingerprint density at radius 1 is 1.56 bits per heavy atom. The van der Waals surface area contributed by atoms with Crippen LogP contribution in [-0.4, -0.2) is 18.8 Å². The minimum Gasteiger partial charge on any atom is -0.469 e. The van der Waals surface area contributed by atoms with E-state index in [0.29, 0.717) is 23.6 Å². The van der Waals surface area contributed by atoms with Crippen LogP contribution in [0.5, 0.6) is 0 Å². The van der Waals surface area contributed by atoms with Gasteiger partial charge in [-0.1, -0.05) is 0 Å². The number of benzene rings is 1. The van der Waals surface area contributed by atoms with Crippen molar-refractivity contribution in [1.29, 1.82) is 0 Å². The summed E-state index contributed by atoms with van der Waals surface area (Å²) in [7, 11) is 1.36. The number of ether oxygens (including phenoxy) is 1. The van der Waals surface area contributed by atoms with Gasteiger partial charge in [0, 0.05) is 17.2 Å². The Labute approximate surface area is 98.2 Å². The van der Waals surface area contributed by atoms with Crippen LogP contribution in [0.25, 0.3) is 0 Å². The van der Waals surface area contributed by atoms with Gasteiger partial charge in [0.1, 0.15) is 5.82 Å². The Bertz CT molecular complexity index is 371. The number of methoxy groups -OCH3 is 1. The highest BCUT2D eigenvalue weighted by Crippen LogP contribution is 2.20. The molecule has 16 heavy (non-hydrogen) atoms. The first kappa shape index (κ1) is 12.8. The van der Waals surface area contributed by atoms with Gasteiger partial charge in [-0.15, -0.1) is 0 Å². The van der Waals surface area contributed by atoms with E-state index in [1.807, 2.05) is 0 Å². The smallest absolute Gasteiger partial charge is 0.306 e. The molecule has 0 aromatic heterocycles. The molecular formula is C11H14FNO2S. The zero-order chi connectivity index (χ0) is 12.0. The van der Waals surface area contributed by atoms with Gasteiger partial charge < -0.3 is 10.5 Å². The molecule has 0 spiro atoms. The fraction of sp³-hybridized carbons (Fsp3) is 0.364. The summed E-state index contributed by atoms with van der Waals surface area (Å²) in [5, 5.41) is 0. The zero-order valence-electron chi connectivity index (χ0n) is 9.03. The predicted molar refractivity (Wildman–Crippen MR) is 63.6 cm³/mol. The van der Waals surface area contributed by atoms with Crippen LogP contribution in [0.1, 0.15) is 12.0 Å². The molecule has 0 heterocycles. The summed E-state index contributed by atoms with van der Waals surface area (Å²) in [6.07, 6.45) is 0.358. The van der Waals surface area contributed by atoms with Gasteiger partial charge >= 0.3 is 5.97 Å². The predicted octanol–water partition coefficient (Wildman–Crippen LogP) is 2.20. The maximum absolute atomic E-state index is 12.9. The quantitative estimate of drug-likeness (QED) is 0.489.